The summed E-state index contributed by atoms with van der Waals surface area (Å²) in [5.74, 6) is 0.484. The number of carbonyl (C=O) groups excluding carboxylic acids is 1. The molecule has 29 heavy (non-hydrogen) atoms. The quantitative estimate of drug-likeness (QED) is 0.667. The van der Waals surface area contributed by atoms with Crippen LogP contribution in [0.4, 0.5) is 11.4 Å². The summed E-state index contributed by atoms with van der Waals surface area (Å²) in [6.07, 6.45) is 13.0. The van der Waals surface area contributed by atoms with Gasteiger partial charge in [0.15, 0.2) is 0 Å². The highest BCUT2D eigenvalue weighted by atomic mass is 16.1. The highest BCUT2D eigenvalue weighted by Gasteiger charge is 2.12. The summed E-state index contributed by atoms with van der Waals surface area (Å²) >= 11 is 0. The van der Waals surface area contributed by atoms with Gasteiger partial charge in [-0.3, -0.25) is 4.79 Å². The predicted octanol–water partition coefficient (Wildman–Crippen LogP) is 3.61. The van der Waals surface area contributed by atoms with E-state index in [9.17, 15) is 4.79 Å². The van der Waals surface area contributed by atoms with Gasteiger partial charge in [-0.1, -0.05) is 30.3 Å². The van der Waals surface area contributed by atoms with Gasteiger partial charge in [0.05, 0.1) is 36.2 Å². The van der Waals surface area contributed by atoms with Crippen LogP contribution in [0.5, 0.6) is 0 Å². The maximum Gasteiger partial charge on any atom is 0.250 e. The number of hydrogen-bond donors (Lipinski definition) is 1. The number of nitrogens with zero attached hydrogens (tertiary/aromatic N) is 5. The van der Waals surface area contributed by atoms with Crippen LogP contribution >= 0.6 is 0 Å². The van der Waals surface area contributed by atoms with E-state index in [1.165, 1.54) is 24.8 Å². The van der Waals surface area contributed by atoms with E-state index in [0.717, 1.165) is 31.6 Å². The molecule has 0 spiro atoms. The molecule has 150 valence electrons. The van der Waals surface area contributed by atoms with Crippen molar-refractivity contribution in [3.05, 3.63) is 60.7 Å². The first-order valence-electron chi connectivity index (χ1n) is 10.2. The largest absolute Gasteiger partial charge is 0.369 e. The second-order valence-electron chi connectivity index (χ2n) is 7.35. The topological polar surface area (TPSA) is 75.9 Å². The van der Waals surface area contributed by atoms with Gasteiger partial charge in [0, 0.05) is 19.5 Å². The van der Waals surface area contributed by atoms with Gasteiger partial charge in [-0.2, -0.15) is 5.10 Å². The number of anilines is 2. The molecule has 4 rings (SSSR count). The van der Waals surface area contributed by atoms with E-state index < -0.39 is 0 Å². The Kier molecular flexibility index (Phi) is 6.14. The van der Waals surface area contributed by atoms with E-state index in [1.807, 2.05) is 30.6 Å². The third-order valence-corrected chi connectivity index (χ3v) is 5.13. The van der Waals surface area contributed by atoms with Gasteiger partial charge in [0.25, 0.3) is 5.95 Å². The number of piperidine rings is 1. The van der Waals surface area contributed by atoms with Crippen LogP contribution in [0, 0.1) is 0 Å². The zero-order valence-corrected chi connectivity index (χ0v) is 16.5. The fourth-order valence-electron chi connectivity index (χ4n) is 3.57. The van der Waals surface area contributed by atoms with Crippen LogP contribution in [-0.4, -0.2) is 38.7 Å². The van der Waals surface area contributed by atoms with Crippen molar-refractivity contribution < 1.29 is 4.79 Å². The third kappa shape index (κ3) is 5.19. The van der Waals surface area contributed by atoms with Crippen molar-refractivity contribution >= 4 is 17.3 Å². The van der Waals surface area contributed by atoms with Crippen molar-refractivity contribution in [2.75, 3.05) is 23.3 Å². The summed E-state index contributed by atoms with van der Waals surface area (Å²) in [6, 6.07) is 10.2. The minimum Gasteiger partial charge on any atom is -0.369 e. The Hall–Kier alpha value is -3.22. The number of amides is 1. The molecule has 3 heterocycles. The first kappa shape index (κ1) is 19.1. The molecule has 0 bridgehead atoms. The number of aryl methyl sites for hydroxylation is 1. The Morgan fingerprint density at radius 2 is 1.76 bits per heavy atom. The molecule has 1 saturated heterocycles. The highest BCUT2D eigenvalue weighted by molar-refractivity contribution is 5.90. The highest BCUT2D eigenvalue weighted by Crippen LogP contribution is 2.18. The number of benzene rings is 1. The minimum atomic E-state index is -0.0122. The van der Waals surface area contributed by atoms with Crippen molar-refractivity contribution in [2.45, 2.75) is 38.5 Å². The zero-order valence-electron chi connectivity index (χ0n) is 16.5. The fourth-order valence-corrected chi connectivity index (χ4v) is 3.57. The monoisotopic (exact) mass is 390 g/mol. The number of nitrogens with one attached hydrogen (secondary N) is 1. The van der Waals surface area contributed by atoms with Gasteiger partial charge in [0.1, 0.15) is 0 Å². The van der Waals surface area contributed by atoms with Gasteiger partial charge in [-0.15, -0.1) is 0 Å². The van der Waals surface area contributed by atoms with E-state index >= 15 is 0 Å². The van der Waals surface area contributed by atoms with Crippen LogP contribution in [0.25, 0.3) is 5.95 Å². The van der Waals surface area contributed by atoms with Crippen LogP contribution in [0.15, 0.2) is 55.1 Å². The first-order chi connectivity index (χ1) is 14.3. The molecule has 0 radical (unpaired) electrons. The second-order valence-corrected chi connectivity index (χ2v) is 7.35. The maximum atomic E-state index is 12.2. The molecular weight excluding hydrogens is 364 g/mol. The third-order valence-electron chi connectivity index (χ3n) is 5.13. The summed E-state index contributed by atoms with van der Waals surface area (Å²) in [4.78, 5) is 23.4. The summed E-state index contributed by atoms with van der Waals surface area (Å²) < 4.78 is 1.58. The van der Waals surface area contributed by atoms with Crippen LogP contribution in [0.3, 0.4) is 0 Å². The molecule has 0 saturated carbocycles. The van der Waals surface area contributed by atoms with Gasteiger partial charge in [0.2, 0.25) is 5.91 Å². The zero-order chi connectivity index (χ0) is 19.9. The molecule has 1 fully saturated rings. The lowest BCUT2D eigenvalue weighted by molar-refractivity contribution is -0.116. The predicted molar refractivity (Wildman–Crippen MR) is 113 cm³/mol. The Labute approximate surface area is 170 Å². The smallest absolute Gasteiger partial charge is 0.250 e. The van der Waals surface area contributed by atoms with Crippen molar-refractivity contribution in [3.63, 3.8) is 0 Å². The number of hydrogen-bond acceptors (Lipinski definition) is 5. The molecule has 7 nitrogen and oxygen atoms in total. The first-order valence-corrected chi connectivity index (χ1v) is 10.2. The molecule has 2 aromatic heterocycles. The molecule has 0 unspecified atom stereocenters. The molecule has 0 atom stereocenters. The Morgan fingerprint density at radius 1 is 1.00 bits per heavy atom. The van der Waals surface area contributed by atoms with E-state index in [1.54, 1.807) is 17.1 Å². The van der Waals surface area contributed by atoms with Crippen LogP contribution in [0.2, 0.25) is 0 Å². The molecule has 0 aliphatic carbocycles. The van der Waals surface area contributed by atoms with Crippen molar-refractivity contribution in [1.29, 1.82) is 0 Å². The summed E-state index contributed by atoms with van der Waals surface area (Å²) in [6.45, 7) is 2.12. The number of rotatable bonds is 7. The number of aromatic nitrogens is 4. The average molecular weight is 390 g/mol. The van der Waals surface area contributed by atoms with Gasteiger partial charge < -0.3 is 10.2 Å². The summed E-state index contributed by atoms with van der Waals surface area (Å²) in [5, 5.41) is 7.17. The van der Waals surface area contributed by atoms with Crippen molar-refractivity contribution in [2.24, 2.45) is 0 Å². The van der Waals surface area contributed by atoms with Crippen molar-refractivity contribution in [3.8, 4) is 5.95 Å². The minimum absolute atomic E-state index is 0.0122. The van der Waals surface area contributed by atoms with E-state index in [0.29, 0.717) is 18.1 Å². The van der Waals surface area contributed by atoms with Crippen LogP contribution in [0.1, 0.15) is 37.7 Å². The Morgan fingerprint density at radius 3 is 2.52 bits per heavy atom. The molecule has 1 aliphatic rings. The van der Waals surface area contributed by atoms with Crippen molar-refractivity contribution in [1.82, 2.24) is 19.7 Å². The lowest BCUT2D eigenvalue weighted by Crippen LogP contribution is -2.29. The summed E-state index contributed by atoms with van der Waals surface area (Å²) in [7, 11) is 0. The summed E-state index contributed by atoms with van der Waals surface area (Å²) in [5.41, 5.74) is 2.95. The normalized spacial score (nSPS) is 14.0. The van der Waals surface area contributed by atoms with Crippen LogP contribution < -0.4 is 10.2 Å². The van der Waals surface area contributed by atoms with E-state index in [2.05, 4.69) is 37.4 Å². The molecular formula is C22H26N6O. The average Bonchev–Trinajstić information content (AvgIpc) is 3.23. The van der Waals surface area contributed by atoms with Crippen LogP contribution in [-0.2, 0) is 11.2 Å². The lowest BCUT2D eigenvalue weighted by Gasteiger charge is -2.28. The van der Waals surface area contributed by atoms with Gasteiger partial charge in [-0.25, -0.2) is 14.6 Å². The SMILES string of the molecule is O=C(CCCc1ccccc1)Nc1cnn(-c2ncc(N3CCCCC3)cn2)c1. The molecule has 3 aromatic rings. The number of carbonyl (C=O) groups is 1. The molecule has 1 amide bonds. The van der Waals surface area contributed by atoms with Gasteiger partial charge >= 0.3 is 0 Å². The Balaban J connectivity index is 1.29. The Bertz CT molecular complexity index is 916. The van der Waals surface area contributed by atoms with E-state index in [4.69, 9.17) is 0 Å². The molecule has 1 aliphatic heterocycles. The standard InChI is InChI=1S/C22H26N6O/c29-21(11-7-10-18-8-3-1-4-9-18)26-19-14-25-28(17-19)22-23-15-20(16-24-22)27-12-5-2-6-13-27/h1,3-4,8-9,14-17H,2,5-7,10-13H2,(H,26,29). The lowest BCUT2D eigenvalue weighted by atomic mass is 10.1. The van der Waals surface area contributed by atoms with E-state index in [-0.39, 0.29) is 5.91 Å². The molecule has 1 aromatic carbocycles. The maximum absolute atomic E-state index is 12.2. The second kappa shape index (κ2) is 9.32. The molecule has 1 N–H and O–H groups in total. The molecule has 7 heteroatoms. The fraction of sp³-hybridized carbons (Fsp3) is 0.364. The van der Waals surface area contributed by atoms with Gasteiger partial charge in [-0.05, 0) is 37.7 Å².